The summed E-state index contributed by atoms with van der Waals surface area (Å²) in [4.78, 5) is 11.9. The molecule has 20 heavy (non-hydrogen) atoms. The summed E-state index contributed by atoms with van der Waals surface area (Å²) in [7, 11) is 6.93. The van der Waals surface area contributed by atoms with Crippen molar-refractivity contribution in [1.29, 1.82) is 0 Å². The molecule has 1 N–H and O–H groups in total. The van der Waals surface area contributed by atoms with Gasteiger partial charge in [0.05, 0.1) is 5.56 Å². The van der Waals surface area contributed by atoms with E-state index in [0.717, 1.165) is 10.9 Å². The van der Waals surface area contributed by atoms with E-state index in [1.54, 1.807) is 12.1 Å². The SMILES string of the molecule is [B]c1ccccc1NC(=O)c1cn(C)nc1C(F)(F)F. The normalized spacial score (nSPS) is 11.4. The van der Waals surface area contributed by atoms with Crippen LogP contribution < -0.4 is 10.8 Å². The lowest BCUT2D eigenvalue weighted by Crippen LogP contribution is -2.21. The zero-order chi connectivity index (χ0) is 14.9. The van der Waals surface area contributed by atoms with Gasteiger partial charge in [-0.25, -0.2) is 0 Å². The lowest BCUT2D eigenvalue weighted by molar-refractivity contribution is -0.141. The minimum absolute atomic E-state index is 0.245. The summed E-state index contributed by atoms with van der Waals surface area (Å²) >= 11 is 0. The van der Waals surface area contributed by atoms with Gasteiger partial charge in [0.1, 0.15) is 7.85 Å². The molecule has 102 valence electrons. The highest BCUT2D eigenvalue weighted by Crippen LogP contribution is 2.30. The van der Waals surface area contributed by atoms with Crippen molar-refractivity contribution < 1.29 is 18.0 Å². The maximum Gasteiger partial charge on any atom is 0.435 e. The van der Waals surface area contributed by atoms with E-state index < -0.39 is 23.3 Å². The van der Waals surface area contributed by atoms with Crippen molar-refractivity contribution >= 4 is 24.9 Å². The number of hydrogen-bond donors (Lipinski definition) is 1. The molecule has 4 nitrogen and oxygen atoms in total. The van der Waals surface area contributed by atoms with E-state index in [4.69, 9.17) is 7.85 Å². The number of carbonyl (C=O) groups excluding carboxylic acids is 1. The zero-order valence-corrected chi connectivity index (χ0v) is 10.4. The summed E-state index contributed by atoms with van der Waals surface area (Å²) in [5.41, 5.74) is -1.27. The number of hydrogen-bond acceptors (Lipinski definition) is 2. The lowest BCUT2D eigenvalue weighted by Gasteiger charge is -2.09. The number of benzene rings is 1. The third-order valence-electron chi connectivity index (χ3n) is 2.55. The Morgan fingerprint density at radius 3 is 2.60 bits per heavy atom. The van der Waals surface area contributed by atoms with Crippen LogP contribution in [-0.4, -0.2) is 23.5 Å². The van der Waals surface area contributed by atoms with E-state index in [1.807, 2.05) is 0 Å². The smallest absolute Gasteiger partial charge is 0.322 e. The van der Waals surface area contributed by atoms with E-state index >= 15 is 0 Å². The van der Waals surface area contributed by atoms with Crippen LogP contribution in [0.3, 0.4) is 0 Å². The summed E-state index contributed by atoms with van der Waals surface area (Å²) in [5.74, 6) is -0.914. The van der Waals surface area contributed by atoms with Crippen LogP contribution in [0.5, 0.6) is 0 Å². The van der Waals surface area contributed by atoms with Crippen LogP contribution in [0, 0.1) is 0 Å². The lowest BCUT2D eigenvalue weighted by atomic mass is 9.94. The van der Waals surface area contributed by atoms with Crippen molar-refractivity contribution in [2.24, 2.45) is 7.05 Å². The molecule has 2 aromatic rings. The Morgan fingerprint density at radius 1 is 1.35 bits per heavy atom. The van der Waals surface area contributed by atoms with E-state index in [0.29, 0.717) is 0 Å². The second kappa shape index (κ2) is 5.03. The first kappa shape index (κ1) is 14.2. The van der Waals surface area contributed by atoms with Crippen LogP contribution in [-0.2, 0) is 13.2 Å². The minimum atomic E-state index is -4.70. The van der Waals surface area contributed by atoms with Gasteiger partial charge in [0.15, 0.2) is 5.69 Å². The van der Waals surface area contributed by atoms with Gasteiger partial charge >= 0.3 is 6.18 Å². The Balaban J connectivity index is 2.33. The number of para-hydroxylation sites is 1. The number of aryl methyl sites for hydroxylation is 1. The fraction of sp³-hybridized carbons (Fsp3) is 0.167. The van der Waals surface area contributed by atoms with Crippen LogP contribution in [0.4, 0.5) is 18.9 Å². The van der Waals surface area contributed by atoms with Gasteiger partial charge in [0, 0.05) is 18.9 Å². The quantitative estimate of drug-likeness (QED) is 0.846. The molecule has 0 bridgehead atoms. The molecule has 0 aliphatic heterocycles. The van der Waals surface area contributed by atoms with Crippen LogP contribution in [0.15, 0.2) is 30.5 Å². The third-order valence-corrected chi connectivity index (χ3v) is 2.55. The number of anilines is 1. The second-order valence-corrected chi connectivity index (χ2v) is 4.10. The third kappa shape index (κ3) is 2.84. The highest BCUT2D eigenvalue weighted by molar-refractivity contribution is 6.36. The van der Waals surface area contributed by atoms with Crippen LogP contribution >= 0.6 is 0 Å². The molecule has 8 heteroatoms. The monoisotopic (exact) mass is 279 g/mol. The molecule has 1 amide bonds. The van der Waals surface area contributed by atoms with Crippen molar-refractivity contribution in [2.45, 2.75) is 6.18 Å². The topological polar surface area (TPSA) is 46.9 Å². The highest BCUT2D eigenvalue weighted by Gasteiger charge is 2.39. The fourth-order valence-corrected chi connectivity index (χ4v) is 1.66. The Labute approximate surface area is 114 Å². The fourth-order valence-electron chi connectivity index (χ4n) is 1.66. The molecule has 2 rings (SSSR count). The molecule has 0 spiro atoms. The van der Waals surface area contributed by atoms with E-state index in [9.17, 15) is 18.0 Å². The largest absolute Gasteiger partial charge is 0.435 e. The molecular formula is C12H9BF3N3O. The minimum Gasteiger partial charge on any atom is -0.322 e. The average molecular weight is 279 g/mol. The molecule has 1 heterocycles. The summed E-state index contributed by atoms with van der Waals surface area (Å²) in [6.45, 7) is 0. The van der Waals surface area contributed by atoms with Gasteiger partial charge in [-0.2, -0.15) is 18.3 Å². The van der Waals surface area contributed by atoms with Crippen LogP contribution in [0.2, 0.25) is 0 Å². The zero-order valence-electron chi connectivity index (χ0n) is 10.4. The number of rotatable bonds is 2. The predicted octanol–water partition coefficient (Wildman–Crippen LogP) is 1.48. The summed E-state index contributed by atoms with van der Waals surface area (Å²) in [6.07, 6.45) is -3.69. The maximum atomic E-state index is 12.8. The van der Waals surface area contributed by atoms with Crippen molar-refractivity contribution in [3.8, 4) is 0 Å². The van der Waals surface area contributed by atoms with Crippen molar-refractivity contribution in [3.63, 3.8) is 0 Å². The van der Waals surface area contributed by atoms with Crippen molar-refractivity contribution in [3.05, 3.63) is 41.7 Å². The summed E-state index contributed by atoms with van der Waals surface area (Å²) in [6, 6.07) is 6.29. The molecule has 0 saturated carbocycles. The Morgan fingerprint density at radius 2 is 2.00 bits per heavy atom. The molecule has 1 aromatic carbocycles. The number of alkyl halides is 3. The summed E-state index contributed by atoms with van der Waals surface area (Å²) < 4.78 is 39.2. The first-order chi connectivity index (χ1) is 9.29. The first-order valence-electron chi connectivity index (χ1n) is 5.55. The highest BCUT2D eigenvalue weighted by atomic mass is 19.4. The van der Waals surface area contributed by atoms with Gasteiger partial charge in [-0.3, -0.25) is 9.48 Å². The molecule has 0 fully saturated rings. The molecule has 0 saturated heterocycles. The number of nitrogens with one attached hydrogen (secondary N) is 1. The van der Waals surface area contributed by atoms with Crippen LogP contribution in [0.25, 0.3) is 0 Å². The van der Waals surface area contributed by atoms with Gasteiger partial charge in [-0.15, -0.1) is 0 Å². The average Bonchev–Trinajstić information content (AvgIpc) is 2.74. The molecule has 1 aromatic heterocycles. The molecule has 0 aliphatic rings. The number of aromatic nitrogens is 2. The predicted molar refractivity (Wildman–Crippen MR) is 68.0 cm³/mol. The van der Waals surface area contributed by atoms with Gasteiger partial charge in [-0.1, -0.05) is 23.7 Å². The molecule has 2 radical (unpaired) electrons. The maximum absolute atomic E-state index is 12.8. The number of amides is 1. The van der Waals surface area contributed by atoms with Gasteiger partial charge in [-0.05, 0) is 6.07 Å². The van der Waals surface area contributed by atoms with E-state index in [1.165, 1.54) is 19.2 Å². The second-order valence-electron chi connectivity index (χ2n) is 4.10. The Bertz CT molecular complexity index is 652. The van der Waals surface area contributed by atoms with Gasteiger partial charge < -0.3 is 5.32 Å². The molecule has 0 unspecified atom stereocenters. The van der Waals surface area contributed by atoms with Gasteiger partial charge in [0.25, 0.3) is 5.91 Å². The van der Waals surface area contributed by atoms with Crippen molar-refractivity contribution in [1.82, 2.24) is 9.78 Å². The van der Waals surface area contributed by atoms with Gasteiger partial charge in [0.2, 0.25) is 0 Å². The molecule has 0 aliphatic carbocycles. The Hall–Kier alpha value is -2.25. The molecule has 0 atom stereocenters. The summed E-state index contributed by atoms with van der Waals surface area (Å²) in [5, 5.41) is 5.60. The number of halogens is 3. The first-order valence-corrected chi connectivity index (χ1v) is 5.55. The standard InChI is InChI=1S/C12H9BF3N3O/c1-19-6-7(10(18-19)12(14,15)16)11(20)17-9-5-3-2-4-8(9)13/h2-6H,1H3,(H,17,20). The van der Waals surface area contributed by atoms with E-state index in [-0.39, 0.29) is 11.2 Å². The molecular weight excluding hydrogens is 270 g/mol. The van der Waals surface area contributed by atoms with E-state index in [2.05, 4.69) is 10.4 Å². The van der Waals surface area contributed by atoms with Crippen molar-refractivity contribution in [2.75, 3.05) is 5.32 Å². The number of carbonyl (C=O) groups is 1. The Kier molecular flexibility index (Phi) is 3.56. The van der Waals surface area contributed by atoms with Crippen LogP contribution in [0.1, 0.15) is 16.1 Å². The number of nitrogens with zero attached hydrogens (tertiary/aromatic N) is 2.